The van der Waals surface area contributed by atoms with Crippen molar-refractivity contribution in [1.29, 1.82) is 0 Å². The zero-order chi connectivity index (χ0) is 20.4. The van der Waals surface area contributed by atoms with Crippen LogP contribution in [-0.4, -0.2) is 29.4 Å². The van der Waals surface area contributed by atoms with Crippen LogP contribution in [0.25, 0.3) is 0 Å². The van der Waals surface area contributed by atoms with E-state index in [1.165, 1.54) is 19.3 Å². The van der Waals surface area contributed by atoms with Gasteiger partial charge < -0.3 is 9.66 Å². The molecule has 1 N–H and O–H groups in total. The molecule has 2 atom stereocenters. The molecule has 0 radical (unpaired) electrons. The summed E-state index contributed by atoms with van der Waals surface area (Å²) in [5.41, 5.74) is 0. The van der Waals surface area contributed by atoms with Crippen LogP contribution < -0.4 is 29.6 Å². The number of aliphatic hydroxyl groups is 1. The van der Waals surface area contributed by atoms with Crippen molar-refractivity contribution in [2.75, 3.05) is 0 Å². The van der Waals surface area contributed by atoms with E-state index in [2.05, 4.69) is 13.8 Å². The monoisotopic (exact) mass is 428 g/mol. The molecule has 28 heavy (non-hydrogen) atoms. The SMILES string of the molecule is CCCCCCC(O)CCCCCCCCC(CCCCCC)S(=O)(=O)[O-].[Na+]. The van der Waals surface area contributed by atoms with Crippen molar-refractivity contribution < 1.29 is 47.6 Å². The fourth-order valence-electron chi connectivity index (χ4n) is 3.64. The van der Waals surface area contributed by atoms with Crippen LogP contribution in [0.3, 0.4) is 0 Å². The first-order chi connectivity index (χ1) is 12.9. The Balaban J connectivity index is 0. The van der Waals surface area contributed by atoms with E-state index in [-0.39, 0.29) is 35.7 Å². The van der Waals surface area contributed by atoms with Crippen LogP contribution in [0.15, 0.2) is 0 Å². The van der Waals surface area contributed by atoms with Crippen LogP contribution in [0.2, 0.25) is 0 Å². The molecule has 0 heterocycles. The summed E-state index contributed by atoms with van der Waals surface area (Å²) in [5, 5.41) is 9.26. The molecule has 164 valence electrons. The Morgan fingerprint density at radius 1 is 0.643 bits per heavy atom. The minimum Gasteiger partial charge on any atom is -0.748 e. The van der Waals surface area contributed by atoms with Gasteiger partial charge in [-0.25, -0.2) is 8.42 Å². The quantitative estimate of drug-likeness (QED) is 0.183. The first-order valence-corrected chi connectivity index (χ1v) is 13.0. The van der Waals surface area contributed by atoms with Gasteiger partial charge in [-0.2, -0.15) is 0 Å². The van der Waals surface area contributed by atoms with E-state index in [0.717, 1.165) is 83.5 Å². The normalized spacial score (nSPS) is 13.9. The number of hydrogen-bond acceptors (Lipinski definition) is 4. The molecule has 0 saturated carbocycles. The van der Waals surface area contributed by atoms with Crippen molar-refractivity contribution in [3.8, 4) is 0 Å². The Labute approximate surface area is 197 Å². The molecule has 0 spiro atoms. The van der Waals surface area contributed by atoms with E-state index in [0.29, 0.717) is 12.8 Å². The van der Waals surface area contributed by atoms with Gasteiger partial charge in [-0.1, -0.05) is 104 Å². The topological polar surface area (TPSA) is 77.4 Å². The van der Waals surface area contributed by atoms with E-state index < -0.39 is 15.4 Å². The van der Waals surface area contributed by atoms with Crippen molar-refractivity contribution >= 4 is 10.1 Å². The Morgan fingerprint density at radius 2 is 0.964 bits per heavy atom. The second-order valence-electron chi connectivity index (χ2n) is 8.17. The Kier molecular flexibility index (Phi) is 23.4. The van der Waals surface area contributed by atoms with Gasteiger partial charge in [-0.15, -0.1) is 0 Å². The minimum absolute atomic E-state index is 0. The fourth-order valence-corrected chi connectivity index (χ4v) is 4.55. The van der Waals surface area contributed by atoms with Gasteiger partial charge in [0.1, 0.15) is 0 Å². The van der Waals surface area contributed by atoms with Crippen LogP contribution in [0.1, 0.15) is 129 Å². The van der Waals surface area contributed by atoms with E-state index in [4.69, 9.17) is 0 Å². The van der Waals surface area contributed by atoms with E-state index in [1.807, 2.05) is 0 Å². The van der Waals surface area contributed by atoms with Crippen molar-refractivity contribution in [3.63, 3.8) is 0 Å². The summed E-state index contributed by atoms with van der Waals surface area (Å²) in [6.45, 7) is 4.32. The largest absolute Gasteiger partial charge is 1.00 e. The third kappa shape index (κ3) is 20.2. The third-order valence-corrected chi connectivity index (χ3v) is 6.78. The molecule has 0 aromatic carbocycles. The molecule has 4 nitrogen and oxygen atoms in total. The third-order valence-electron chi connectivity index (χ3n) is 5.49. The number of unbranched alkanes of at least 4 members (excludes halogenated alkanes) is 11. The van der Waals surface area contributed by atoms with Crippen LogP contribution in [0.4, 0.5) is 0 Å². The first kappa shape index (κ1) is 31.1. The Hall–Kier alpha value is 0.870. The first-order valence-electron chi connectivity index (χ1n) is 11.5. The van der Waals surface area contributed by atoms with Crippen LogP contribution in [-0.2, 0) is 10.1 Å². The maximum absolute atomic E-state index is 11.4. The molecule has 0 aliphatic carbocycles. The maximum atomic E-state index is 11.4. The average Bonchev–Trinajstić information content (AvgIpc) is 2.61. The molecule has 0 bridgehead atoms. The molecule has 2 unspecified atom stereocenters. The van der Waals surface area contributed by atoms with Gasteiger partial charge in [0.05, 0.1) is 16.2 Å². The van der Waals surface area contributed by atoms with E-state index >= 15 is 0 Å². The van der Waals surface area contributed by atoms with Gasteiger partial charge in [0.25, 0.3) is 0 Å². The van der Waals surface area contributed by atoms with Gasteiger partial charge in [0.15, 0.2) is 0 Å². The van der Waals surface area contributed by atoms with Gasteiger partial charge >= 0.3 is 29.6 Å². The van der Waals surface area contributed by atoms with E-state index in [9.17, 15) is 18.1 Å². The van der Waals surface area contributed by atoms with Gasteiger partial charge in [-0.05, 0) is 25.7 Å². The van der Waals surface area contributed by atoms with E-state index in [1.54, 1.807) is 0 Å². The van der Waals surface area contributed by atoms with Gasteiger partial charge in [0, 0.05) is 5.25 Å². The number of aliphatic hydroxyl groups excluding tert-OH is 1. The number of rotatable bonds is 20. The summed E-state index contributed by atoms with van der Waals surface area (Å²) in [6, 6.07) is 0. The molecular weight excluding hydrogens is 383 g/mol. The molecule has 6 heteroatoms. The second-order valence-corrected chi connectivity index (χ2v) is 9.82. The molecule has 0 rings (SSSR count). The fraction of sp³-hybridized carbons (Fsp3) is 1.00. The molecule has 0 amide bonds. The Morgan fingerprint density at radius 3 is 1.32 bits per heavy atom. The van der Waals surface area contributed by atoms with Crippen LogP contribution in [0, 0.1) is 0 Å². The number of hydrogen-bond donors (Lipinski definition) is 1. The summed E-state index contributed by atoms with van der Waals surface area (Å²) in [7, 11) is -4.15. The zero-order valence-electron chi connectivity index (χ0n) is 19.0. The molecule has 0 aliphatic heterocycles. The van der Waals surface area contributed by atoms with Crippen molar-refractivity contribution in [2.45, 2.75) is 141 Å². The van der Waals surface area contributed by atoms with Crippen LogP contribution in [0.5, 0.6) is 0 Å². The zero-order valence-corrected chi connectivity index (χ0v) is 21.8. The molecule has 0 aromatic heterocycles. The molecule has 0 aromatic rings. The van der Waals surface area contributed by atoms with Crippen molar-refractivity contribution in [3.05, 3.63) is 0 Å². The minimum atomic E-state index is -4.15. The van der Waals surface area contributed by atoms with Crippen molar-refractivity contribution in [1.82, 2.24) is 0 Å². The van der Waals surface area contributed by atoms with Gasteiger partial charge in [0.2, 0.25) is 0 Å². The molecule has 0 saturated heterocycles. The maximum Gasteiger partial charge on any atom is 1.00 e. The summed E-state index contributed by atoms with van der Waals surface area (Å²) in [6.07, 6.45) is 18.0. The molecular formula is C22H45NaO4S. The van der Waals surface area contributed by atoms with Gasteiger partial charge in [-0.3, -0.25) is 0 Å². The summed E-state index contributed by atoms with van der Waals surface area (Å²) in [4.78, 5) is 0. The average molecular weight is 429 g/mol. The Bertz CT molecular complexity index is 415. The standard InChI is InChI=1S/C22H46O4S.Na/c1-3-5-7-13-17-21(23)18-14-11-9-10-12-16-20-22(27(24,25)26)19-15-8-6-4-2;/h21-23H,3-20H2,1-2H3,(H,24,25,26);/q;+1/p-1. The summed E-state index contributed by atoms with van der Waals surface area (Å²) < 4.78 is 34.2. The predicted molar refractivity (Wildman–Crippen MR) is 114 cm³/mol. The summed E-state index contributed by atoms with van der Waals surface area (Å²) >= 11 is 0. The van der Waals surface area contributed by atoms with Crippen molar-refractivity contribution in [2.24, 2.45) is 0 Å². The second kappa shape index (κ2) is 21.1. The van der Waals surface area contributed by atoms with Crippen LogP contribution >= 0.6 is 0 Å². The predicted octanol–water partition coefficient (Wildman–Crippen LogP) is 3.33. The molecule has 0 fully saturated rings. The molecule has 0 aliphatic rings. The smallest absolute Gasteiger partial charge is 0.748 e. The summed E-state index contributed by atoms with van der Waals surface area (Å²) in [5.74, 6) is 0.